The topological polar surface area (TPSA) is 25.0 Å². The third kappa shape index (κ3) is 2.22. The molecule has 0 amide bonds. The molecule has 0 saturated carbocycles. The number of hydrogen-bond donors (Lipinski definition) is 1. The number of benzene rings is 2. The average Bonchev–Trinajstić information content (AvgIpc) is 2.82. The van der Waals surface area contributed by atoms with Crippen molar-refractivity contribution in [2.45, 2.75) is 13.8 Å². The highest BCUT2D eigenvalue weighted by Gasteiger charge is 2.08. The first-order chi connectivity index (χ1) is 9.28. The summed E-state index contributed by atoms with van der Waals surface area (Å²) in [5.74, 6) is 0.924. The van der Waals surface area contributed by atoms with Crippen LogP contribution in [-0.2, 0) is 0 Å². The van der Waals surface area contributed by atoms with Gasteiger partial charge in [-0.3, -0.25) is 0 Å². The van der Waals surface area contributed by atoms with Crippen molar-refractivity contribution in [3.05, 3.63) is 54.1 Å². The number of rotatable bonds is 3. The largest absolute Gasteiger partial charge is 0.493 e. The van der Waals surface area contributed by atoms with E-state index in [0.29, 0.717) is 6.61 Å². The molecular weight excluding hydrogens is 234 g/mol. The number of aryl methyl sites for hydroxylation is 1. The summed E-state index contributed by atoms with van der Waals surface area (Å²) in [7, 11) is 0. The van der Waals surface area contributed by atoms with Crippen LogP contribution in [0.1, 0.15) is 12.5 Å². The van der Waals surface area contributed by atoms with Gasteiger partial charge in [0.1, 0.15) is 5.75 Å². The number of hydrogen-bond acceptors (Lipinski definition) is 1. The first kappa shape index (κ1) is 11.8. The van der Waals surface area contributed by atoms with E-state index >= 15 is 0 Å². The van der Waals surface area contributed by atoms with Gasteiger partial charge >= 0.3 is 0 Å². The van der Waals surface area contributed by atoms with Gasteiger partial charge in [-0.2, -0.15) is 0 Å². The lowest BCUT2D eigenvalue weighted by Gasteiger charge is -2.08. The van der Waals surface area contributed by atoms with Gasteiger partial charge in [-0.1, -0.05) is 23.8 Å². The number of aromatic amines is 1. The number of para-hydroxylation sites is 1. The van der Waals surface area contributed by atoms with E-state index in [1.165, 1.54) is 10.9 Å². The summed E-state index contributed by atoms with van der Waals surface area (Å²) >= 11 is 0. The fraction of sp³-hybridized carbons (Fsp3) is 0.176. The molecule has 0 atom stereocenters. The van der Waals surface area contributed by atoms with Gasteiger partial charge in [0.15, 0.2) is 0 Å². The molecule has 0 unspecified atom stereocenters. The molecule has 96 valence electrons. The second kappa shape index (κ2) is 4.81. The van der Waals surface area contributed by atoms with E-state index in [9.17, 15) is 0 Å². The molecule has 2 nitrogen and oxygen atoms in total. The second-order valence-electron chi connectivity index (χ2n) is 4.70. The minimum absolute atomic E-state index is 0.677. The van der Waals surface area contributed by atoms with Crippen LogP contribution in [0.3, 0.4) is 0 Å². The first-order valence-electron chi connectivity index (χ1n) is 6.59. The Bertz CT molecular complexity index is 712. The molecule has 0 radical (unpaired) electrons. The van der Waals surface area contributed by atoms with Crippen molar-refractivity contribution in [1.29, 1.82) is 0 Å². The van der Waals surface area contributed by atoms with E-state index in [0.717, 1.165) is 22.5 Å². The maximum Gasteiger partial charge on any atom is 0.128 e. The first-order valence-corrected chi connectivity index (χ1v) is 6.59. The molecule has 0 saturated heterocycles. The predicted octanol–water partition coefficient (Wildman–Crippen LogP) is 4.54. The van der Waals surface area contributed by atoms with Crippen LogP contribution in [0.2, 0.25) is 0 Å². The van der Waals surface area contributed by atoms with E-state index in [4.69, 9.17) is 4.74 Å². The molecule has 0 spiro atoms. The second-order valence-corrected chi connectivity index (χ2v) is 4.70. The summed E-state index contributed by atoms with van der Waals surface area (Å²) in [6.45, 7) is 4.79. The summed E-state index contributed by atoms with van der Waals surface area (Å²) < 4.78 is 5.69. The minimum Gasteiger partial charge on any atom is -0.493 e. The van der Waals surface area contributed by atoms with Crippen molar-refractivity contribution in [3.8, 4) is 17.0 Å². The van der Waals surface area contributed by atoms with Gasteiger partial charge < -0.3 is 9.72 Å². The van der Waals surface area contributed by atoms with Crippen LogP contribution < -0.4 is 4.74 Å². The minimum atomic E-state index is 0.677. The molecule has 1 N–H and O–H groups in total. The molecule has 3 rings (SSSR count). The van der Waals surface area contributed by atoms with E-state index in [2.05, 4.69) is 42.2 Å². The molecule has 19 heavy (non-hydrogen) atoms. The van der Waals surface area contributed by atoms with E-state index in [1.54, 1.807) is 0 Å². The zero-order valence-corrected chi connectivity index (χ0v) is 11.2. The van der Waals surface area contributed by atoms with Gasteiger partial charge in [-0.25, -0.2) is 0 Å². The van der Waals surface area contributed by atoms with Gasteiger partial charge in [0.05, 0.1) is 12.3 Å². The zero-order valence-electron chi connectivity index (χ0n) is 11.2. The Labute approximate surface area is 113 Å². The Morgan fingerprint density at radius 3 is 2.74 bits per heavy atom. The van der Waals surface area contributed by atoms with Crippen LogP contribution >= 0.6 is 0 Å². The Morgan fingerprint density at radius 1 is 1.05 bits per heavy atom. The molecule has 1 heterocycles. The highest BCUT2D eigenvalue weighted by molar-refractivity contribution is 5.87. The lowest BCUT2D eigenvalue weighted by Crippen LogP contribution is -1.93. The van der Waals surface area contributed by atoms with Crippen LogP contribution in [-0.4, -0.2) is 11.6 Å². The molecule has 1 aromatic heterocycles. The van der Waals surface area contributed by atoms with Gasteiger partial charge in [-0.15, -0.1) is 0 Å². The van der Waals surface area contributed by atoms with E-state index in [-0.39, 0.29) is 0 Å². The van der Waals surface area contributed by atoms with Crippen molar-refractivity contribution >= 4 is 10.9 Å². The number of fused-ring (bicyclic) bond motifs is 1. The van der Waals surface area contributed by atoms with Crippen molar-refractivity contribution in [3.63, 3.8) is 0 Å². The fourth-order valence-electron chi connectivity index (χ4n) is 2.37. The molecule has 2 aromatic carbocycles. The van der Waals surface area contributed by atoms with Gasteiger partial charge in [0.2, 0.25) is 0 Å². The summed E-state index contributed by atoms with van der Waals surface area (Å²) in [6.07, 6.45) is 0. The van der Waals surface area contributed by atoms with Gasteiger partial charge in [0, 0.05) is 16.5 Å². The summed E-state index contributed by atoms with van der Waals surface area (Å²) in [5, 5.41) is 1.24. The van der Waals surface area contributed by atoms with Gasteiger partial charge in [0.25, 0.3) is 0 Å². The molecule has 0 aliphatic carbocycles. The molecule has 0 fully saturated rings. The molecule has 0 aliphatic rings. The maximum absolute atomic E-state index is 5.69. The molecule has 0 aliphatic heterocycles. The third-order valence-electron chi connectivity index (χ3n) is 3.25. The normalized spacial score (nSPS) is 10.8. The van der Waals surface area contributed by atoms with Gasteiger partial charge in [-0.05, 0) is 44.2 Å². The van der Waals surface area contributed by atoms with Crippen molar-refractivity contribution < 1.29 is 4.74 Å². The van der Waals surface area contributed by atoms with E-state index < -0.39 is 0 Å². The van der Waals surface area contributed by atoms with E-state index in [1.807, 2.05) is 25.1 Å². The summed E-state index contributed by atoms with van der Waals surface area (Å²) in [6, 6.07) is 16.8. The maximum atomic E-state index is 5.69. The van der Waals surface area contributed by atoms with Crippen LogP contribution in [0.15, 0.2) is 48.5 Å². The van der Waals surface area contributed by atoms with Crippen LogP contribution in [0.25, 0.3) is 22.2 Å². The monoisotopic (exact) mass is 251 g/mol. The molecule has 2 heteroatoms. The molecule has 3 aromatic rings. The standard InChI is InChI=1S/C17H17NO/c1-3-19-17-7-5-4-6-14(17)16-11-13-10-12(2)8-9-15(13)18-16/h4-11,18H,3H2,1-2H3. The SMILES string of the molecule is CCOc1ccccc1-c1cc2cc(C)ccc2[nH]1. The highest BCUT2D eigenvalue weighted by atomic mass is 16.5. The Kier molecular flexibility index (Phi) is 3.00. The van der Waals surface area contributed by atoms with Crippen molar-refractivity contribution in [1.82, 2.24) is 4.98 Å². The Balaban J connectivity index is 2.13. The summed E-state index contributed by atoms with van der Waals surface area (Å²) in [4.78, 5) is 3.46. The fourth-order valence-corrected chi connectivity index (χ4v) is 2.37. The lowest BCUT2D eigenvalue weighted by atomic mass is 10.1. The van der Waals surface area contributed by atoms with Crippen LogP contribution in [0.4, 0.5) is 0 Å². The molecular formula is C17H17NO. The highest BCUT2D eigenvalue weighted by Crippen LogP contribution is 2.31. The van der Waals surface area contributed by atoms with Crippen molar-refractivity contribution in [2.75, 3.05) is 6.61 Å². The number of ether oxygens (including phenoxy) is 1. The Morgan fingerprint density at radius 2 is 1.89 bits per heavy atom. The lowest BCUT2D eigenvalue weighted by molar-refractivity contribution is 0.341. The summed E-state index contributed by atoms with van der Waals surface area (Å²) in [5.41, 5.74) is 4.64. The third-order valence-corrected chi connectivity index (χ3v) is 3.25. The number of H-pyrrole nitrogens is 1. The van der Waals surface area contributed by atoms with Crippen LogP contribution in [0.5, 0.6) is 5.75 Å². The Hall–Kier alpha value is -2.22. The van der Waals surface area contributed by atoms with Crippen LogP contribution in [0, 0.1) is 6.92 Å². The average molecular weight is 251 g/mol. The quantitative estimate of drug-likeness (QED) is 0.726. The number of aromatic nitrogens is 1. The number of nitrogens with one attached hydrogen (secondary N) is 1. The smallest absolute Gasteiger partial charge is 0.128 e. The molecule has 0 bridgehead atoms. The predicted molar refractivity (Wildman–Crippen MR) is 79.6 cm³/mol. The van der Waals surface area contributed by atoms with Crippen molar-refractivity contribution in [2.24, 2.45) is 0 Å². The zero-order chi connectivity index (χ0) is 13.2.